The smallest absolute Gasteiger partial charge is 0.134 e. The van der Waals surface area contributed by atoms with Crippen LogP contribution < -0.4 is 5.32 Å². The van der Waals surface area contributed by atoms with Crippen LogP contribution in [0, 0.1) is 11.8 Å². The van der Waals surface area contributed by atoms with Crippen LogP contribution in [0.2, 0.25) is 0 Å². The summed E-state index contributed by atoms with van der Waals surface area (Å²) in [4.78, 5) is 0. The fraction of sp³-hybridized carbons (Fsp3) is 0.500. The molecular weight excluding hydrogens is 222 g/mol. The van der Waals surface area contributed by atoms with Crippen LogP contribution >= 0.6 is 0 Å². The first-order valence-electron chi connectivity index (χ1n) is 6.99. The minimum atomic E-state index is 0.847. The first-order chi connectivity index (χ1) is 8.81. The highest BCUT2D eigenvalue weighted by Gasteiger charge is 2.20. The van der Waals surface area contributed by atoms with E-state index < -0.39 is 0 Å². The summed E-state index contributed by atoms with van der Waals surface area (Å²) in [6.45, 7) is 4.33. The molecule has 1 N–H and O–H groups in total. The van der Waals surface area contributed by atoms with E-state index in [1.807, 2.05) is 12.1 Å². The molecule has 3 rings (SSSR count). The van der Waals surface area contributed by atoms with Crippen LogP contribution in [0.3, 0.4) is 0 Å². The molecule has 1 saturated carbocycles. The third kappa shape index (κ3) is 2.59. The molecule has 1 heterocycles. The minimum Gasteiger partial charge on any atom is -0.460 e. The molecule has 2 aromatic rings. The van der Waals surface area contributed by atoms with Gasteiger partial charge in [0.15, 0.2) is 0 Å². The second kappa shape index (κ2) is 5.15. The SMILES string of the molecule is CC1CCC(CNCc2cc3ccccc3o2)C1. The summed E-state index contributed by atoms with van der Waals surface area (Å²) in [5.74, 6) is 2.83. The Morgan fingerprint density at radius 2 is 2.17 bits per heavy atom. The molecule has 0 amide bonds. The molecule has 1 aliphatic carbocycles. The zero-order chi connectivity index (χ0) is 12.4. The van der Waals surface area contributed by atoms with Gasteiger partial charge < -0.3 is 9.73 Å². The predicted molar refractivity (Wildman–Crippen MR) is 74.4 cm³/mol. The monoisotopic (exact) mass is 243 g/mol. The van der Waals surface area contributed by atoms with Crippen molar-refractivity contribution >= 4 is 11.0 Å². The standard InChI is InChI=1S/C16H21NO/c1-12-6-7-13(8-12)10-17-11-15-9-14-4-2-3-5-16(14)18-15/h2-5,9,12-13,17H,6-8,10-11H2,1H3. The molecule has 2 unspecified atom stereocenters. The largest absolute Gasteiger partial charge is 0.460 e. The number of rotatable bonds is 4. The molecule has 2 heteroatoms. The van der Waals surface area contributed by atoms with Gasteiger partial charge in [0, 0.05) is 5.39 Å². The van der Waals surface area contributed by atoms with Crippen molar-refractivity contribution in [3.8, 4) is 0 Å². The van der Waals surface area contributed by atoms with Crippen molar-refractivity contribution in [3.05, 3.63) is 36.1 Å². The fourth-order valence-electron chi connectivity index (χ4n) is 3.03. The fourth-order valence-corrected chi connectivity index (χ4v) is 3.03. The quantitative estimate of drug-likeness (QED) is 0.879. The third-order valence-corrected chi connectivity index (χ3v) is 4.01. The van der Waals surface area contributed by atoms with E-state index in [1.54, 1.807) is 0 Å². The first kappa shape index (κ1) is 11.8. The van der Waals surface area contributed by atoms with Crippen LogP contribution in [-0.2, 0) is 6.54 Å². The van der Waals surface area contributed by atoms with Gasteiger partial charge in [0.1, 0.15) is 11.3 Å². The number of fused-ring (bicyclic) bond motifs is 1. The van der Waals surface area contributed by atoms with E-state index in [2.05, 4.69) is 30.4 Å². The highest BCUT2D eigenvalue weighted by Crippen LogP contribution is 2.29. The predicted octanol–water partition coefficient (Wildman–Crippen LogP) is 3.96. The Morgan fingerprint density at radius 1 is 1.28 bits per heavy atom. The van der Waals surface area contributed by atoms with Crippen LogP contribution in [0.1, 0.15) is 31.9 Å². The molecule has 18 heavy (non-hydrogen) atoms. The van der Waals surface area contributed by atoms with Crippen molar-refractivity contribution in [1.29, 1.82) is 0 Å². The van der Waals surface area contributed by atoms with Gasteiger partial charge in [-0.1, -0.05) is 31.5 Å². The summed E-state index contributed by atoms with van der Waals surface area (Å²) >= 11 is 0. The highest BCUT2D eigenvalue weighted by molar-refractivity contribution is 5.77. The lowest BCUT2D eigenvalue weighted by molar-refractivity contribution is 0.445. The molecule has 1 fully saturated rings. The maximum atomic E-state index is 5.79. The van der Waals surface area contributed by atoms with Crippen molar-refractivity contribution in [2.75, 3.05) is 6.54 Å². The van der Waals surface area contributed by atoms with E-state index in [-0.39, 0.29) is 0 Å². The van der Waals surface area contributed by atoms with E-state index in [1.165, 1.54) is 24.6 Å². The molecule has 96 valence electrons. The zero-order valence-corrected chi connectivity index (χ0v) is 11.0. The number of nitrogens with one attached hydrogen (secondary N) is 1. The Bertz CT molecular complexity index is 484. The van der Waals surface area contributed by atoms with Gasteiger partial charge >= 0.3 is 0 Å². The summed E-state index contributed by atoms with van der Waals surface area (Å²) in [6.07, 6.45) is 4.17. The zero-order valence-electron chi connectivity index (χ0n) is 11.0. The van der Waals surface area contributed by atoms with Crippen molar-refractivity contribution in [1.82, 2.24) is 5.32 Å². The maximum Gasteiger partial charge on any atom is 0.134 e. The van der Waals surface area contributed by atoms with E-state index in [0.717, 1.165) is 36.3 Å². The van der Waals surface area contributed by atoms with Gasteiger partial charge in [-0.05, 0) is 43.4 Å². The normalized spacial score (nSPS) is 23.8. The van der Waals surface area contributed by atoms with Crippen molar-refractivity contribution in [3.63, 3.8) is 0 Å². The van der Waals surface area contributed by atoms with Crippen molar-refractivity contribution in [2.24, 2.45) is 11.8 Å². The average Bonchev–Trinajstić information content (AvgIpc) is 2.95. The van der Waals surface area contributed by atoms with Crippen LogP contribution in [0.5, 0.6) is 0 Å². The summed E-state index contributed by atoms with van der Waals surface area (Å²) in [6, 6.07) is 10.3. The Labute approximate surface area is 108 Å². The Hall–Kier alpha value is -1.28. The van der Waals surface area contributed by atoms with Crippen molar-refractivity contribution < 1.29 is 4.42 Å². The molecule has 0 bridgehead atoms. The number of hydrogen-bond donors (Lipinski definition) is 1. The van der Waals surface area contributed by atoms with Crippen LogP contribution in [-0.4, -0.2) is 6.54 Å². The molecule has 1 aromatic carbocycles. The van der Waals surface area contributed by atoms with Gasteiger partial charge in [-0.2, -0.15) is 0 Å². The van der Waals surface area contributed by atoms with E-state index in [9.17, 15) is 0 Å². The van der Waals surface area contributed by atoms with E-state index >= 15 is 0 Å². The molecule has 2 nitrogen and oxygen atoms in total. The topological polar surface area (TPSA) is 25.2 Å². The van der Waals surface area contributed by atoms with Gasteiger partial charge in [-0.15, -0.1) is 0 Å². The second-order valence-corrected chi connectivity index (χ2v) is 5.67. The van der Waals surface area contributed by atoms with Gasteiger partial charge in [-0.3, -0.25) is 0 Å². The van der Waals surface area contributed by atoms with Crippen LogP contribution in [0.25, 0.3) is 11.0 Å². The minimum absolute atomic E-state index is 0.847. The third-order valence-electron chi connectivity index (χ3n) is 4.01. The number of para-hydroxylation sites is 1. The summed E-state index contributed by atoms with van der Waals surface area (Å²) in [7, 11) is 0. The van der Waals surface area contributed by atoms with Gasteiger partial charge in [-0.25, -0.2) is 0 Å². The first-order valence-corrected chi connectivity index (χ1v) is 6.99. The van der Waals surface area contributed by atoms with Gasteiger partial charge in [0.05, 0.1) is 6.54 Å². The van der Waals surface area contributed by atoms with Crippen molar-refractivity contribution in [2.45, 2.75) is 32.7 Å². The average molecular weight is 243 g/mol. The number of hydrogen-bond acceptors (Lipinski definition) is 2. The molecule has 0 aliphatic heterocycles. The Kier molecular flexibility index (Phi) is 3.37. The number of benzene rings is 1. The van der Waals surface area contributed by atoms with Crippen LogP contribution in [0.4, 0.5) is 0 Å². The molecule has 1 aliphatic rings. The summed E-state index contributed by atoms with van der Waals surface area (Å²) in [5.41, 5.74) is 0.990. The molecule has 0 saturated heterocycles. The second-order valence-electron chi connectivity index (χ2n) is 5.67. The Morgan fingerprint density at radius 3 is 2.94 bits per heavy atom. The maximum absolute atomic E-state index is 5.79. The molecule has 1 aromatic heterocycles. The molecule has 0 radical (unpaired) electrons. The lowest BCUT2D eigenvalue weighted by Crippen LogP contribution is -2.20. The van der Waals surface area contributed by atoms with Gasteiger partial charge in [0.25, 0.3) is 0 Å². The summed E-state index contributed by atoms with van der Waals surface area (Å²) in [5, 5.41) is 4.73. The van der Waals surface area contributed by atoms with E-state index in [4.69, 9.17) is 4.42 Å². The molecule has 2 atom stereocenters. The molecular formula is C16H21NO. The lowest BCUT2D eigenvalue weighted by atomic mass is 10.1. The number of furan rings is 1. The Balaban J connectivity index is 1.53. The lowest BCUT2D eigenvalue weighted by Gasteiger charge is -2.09. The van der Waals surface area contributed by atoms with Gasteiger partial charge in [0.2, 0.25) is 0 Å². The van der Waals surface area contributed by atoms with E-state index in [0.29, 0.717) is 0 Å². The summed E-state index contributed by atoms with van der Waals surface area (Å²) < 4.78 is 5.79. The highest BCUT2D eigenvalue weighted by atomic mass is 16.3. The van der Waals surface area contributed by atoms with Crippen LogP contribution in [0.15, 0.2) is 34.7 Å². The molecule has 0 spiro atoms.